The van der Waals surface area contributed by atoms with Crippen molar-refractivity contribution in [2.75, 3.05) is 26.2 Å². The summed E-state index contributed by atoms with van der Waals surface area (Å²) in [5.74, 6) is -0.282. The Kier molecular flexibility index (Phi) is 8.13. The molecule has 0 aromatic heterocycles. The van der Waals surface area contributed by atoms with Crippen LogP contribution in [-0.4, -0.2) is 48.1 Å². The molecule has 5 nitrogen and oxygen atoms in total. The van der Waals surface area contributed by atoms with Crippen LogP contribution in [0.25, 0.3) is 0 Å². The molecule has 1 aliphatic rings. The first-order valence-electron chi connectivity index (χ1n) is 10.9. The number of halogens is 2. The van der Waals surface area contributed by atoms with Crippen molar-refractivity contribution in [2.24, 2.45) is 5.10 Å². The van der Waals surface area contributed by atoms with Gasteiger partial charge in [0.1, 0.15) is 0 Å². The number of hydrazone groups is 1. The first-order chi connectivity index (χ1) is 16.1. The first kappa shape index (κ1) is 23.5. The van der Waals surface area contributed by atoms with Gasteiger partial charge in [-0.15, -0.1) is 0 Å². The highest BCUT2D eigenvalue weighted by Gasteiger charge is 2.17. The van der Waals surface area contributed by atoms with Crippen LogP contribution in [0.3, 0.4) is 0 Å². The van der Waals surface area contributed by atoms with Crippen LogP contribution >= 0.6 is 23.2 Å². The minimum atomic E-state index is -0.282. The fourth-order valence-electron chi connectivity index (χ4n) is 3.82. The van der Waals surface area contributed by atoms with Gasteiger partial charge in [-0.1, -0.05) is 71.7 Å². The molecule has 1 amide bonds. The third kappa shape index (κ3) is 6.65. The van der Waals surface area contributed by atoms with Gasteiger partial charge < -0.3 is 0 Å². The number of nitrogens with zero attached hydrogens (tertiary/aromatic N) is 3. The lowest BCUT2D eigenvalue weighted by molar-refractivity contribution is 0.0955. The number of rotatable bonds is 7. The summed E-state index contributed by atoms with van der Waals surface area (Å²) in [6, 6.07) is 23.5. The maximum absolute atomic E-state index is 12.4. The van der Waals surface area contributed by atoms with Crippen LogP contribution in [0.15, 0.2) is 77.9 Å². The quantitative estimate of drug-likeness (QED) is 0.379. The van der Waals surface area contributed by atoms with Gasteiger partial charge >= 0.3 is 0 Å². The maximum Gasteiger partial charge on any atom is 0.271 e. The van der Waals surface area contributed by atoms with E-state index in [1.165, 1.54) is 17.3 Å². The highest BCUT2D eigenvalue weighted by Crippen LogP contribution is 2.22. The van der Waals surface area contributed by atoms with Crippen LogP contribution in [0.4, 0.5) is 0 Å². The average Bonchev–Trinajstić information content (AvgIpc) is 2.83. The molecule has 0 saturated carbocycles. The van der Waals surface area contributed by atoms with Gasteiger partial charge in [0.25, 0.3) is 5.91 Å². The summed E-state index contributed by atoms with van der Waals surface area (Å²) in [6.45, 7) is 6.07. The number of amides is 1. The monoisotopic (exact) mass is 480 g/mol. The molecule has 3 aromatic rings. The molecule has 0 aliphatic carbocycles. The Hall–Kier alpha value is -2.70. The highest BCUT2D eigenvalue weighted by atomic mass is 35.5. The second kappa shape index (κ2) is 11.4. The SMILES string of the molecule is O=C(N/N=C\c1c(Cl)cccc1Cl)c1ccc(CN2CCN(Cc3ccccc3)CC2)cc1. The van der Waals surface area contributed by atoms with E-state index in [2.05, 4.69) is 50.7 Å². The molecule has 0 bridgehead atoms. The summed E-state index contributed by atoms with van der Waals surface area (Å²) in [6.07, 6.45) is 1.45. The summed E-state index contributed by atoms with van der Waals surface area (Å²) in [5.41, 5.74) is 6.19. The molecule has 1 saturated heterocycles. The number of piperazine rings is 1. The maximum atomic E-state index is 12.4. The minimum absolute atomic E-state index is 0.282. The van der Waals surface area contributed by atoms with E-state index in [4.69, 9.17) is 23.2 Å². The fraction of sp³-hybridized carbons (Fsp3) is 0.231. The Morgan fingerprint density at radius 1 is 0.788 bits per heavy atom. The summed E-state index contributed by atoms with van der Waals surface area (Å²) >= 11 is 12.2. The zero-order valence-electron chi connectivity index (χ0n) is 18.3. The van der Waals surface area contributed by atoms with Gasteiger partial charge in [-0.3, -0.25) is 14.6 Å². The average molecular weight is 481 g/mol. The van der Waals surface area contributed by atoms with Crippen LogP contribution in [-0.2, 0) is 13.1 Å². The summed E-state index contributed by atoms with van der Waals surface area (Å²) in [5, 5.41) is 4.94. The first-order valence-corrected chi connectivity index (χ1v) is 11.7. The van der Waals surface area contributed by atoms with E-state index in [0.717, 1.165) is 39.3 Å². The molecule has 0 radical (unpaired) electrons. The van der Waals surface area contributed by atoms with E-state index in [-0.39, 0.29) is 5.91 Å². The van der Waals surface area contributed by atoms with Gasteiger partial charge in [0.2, 0.25) is 0 Å². The largest absolute Gasteiger partial charge is 0.297 e. The van der Waals surface area contributed by atoms with Crippen LogP contribution in [0.2, 0.25) is 10.0 Å². The van der Waals surface area contributed by atoms with Crippen LogP contribution in [0, 0.1) is 0 Å². The Labute approximate surface area is 204 Å². The van der Waals surface area contributed by atoms with E-state index >= 15 is 0 Å². The summed E-state index contributed by atoms with van der Waals surface area (Å²) < 4.78 is 0. The smallest absolute Gasteiger partial charge is 0.271 e. The molecule has 0 unspecified atom stereocenters. The van der Waals surface area contributed by atoms with E-state index in [0.29, 0.717) is 21.2 Å². The molecule has 4 rings (SSSR count). The topological polar surface area (TPSA) is 47.9 Å². The molecule has 170 valence electrons. The van der Waals surface area contributed by atoms with Crippen molar-refractivity contribution >= 4 is 35.3 Å². The standard InChI is InChI=1S/C26H26Cl2N4O/c27-24-7-4-8-25(28)23(24)17-29-30-26(33)22-11-9-21(10-12-22)19-32-15-13-31(14-16-32)18-20-5-2-1-3-6-20/h1-12,17H,13-16,18-19H2,(H,30,33)/b29-17-. The Morgan fingerprint density at radius 3 is 1.91 bits per heavy atom. The van der Waals surface area contributed by atoms with Crippen molar-refractivity contribution < 1.29 is 4.79 Å². The second-order valence-corrected chi connectivity index (χ2v) is 8.88. The van der Waals surface area contributed by atoms with Crippen molar-refractivity contribution in [3.63, 3.8) is 0 Å². The van der Waals surface area contributed by atoms with E-state index in [1.807, 2.05) is 24.3 Å². The summed E-state index contributed by atoms with van der Waals surface area (Å²) in [7, 11) is 0. The van der Waals surface area contributed by atoms with E-state index in [1.54, 1.807) is 18.2 Å². The van der Waals surface area contributed by atoms with Crippen LogP contribution < -0.4 is 5.43 Å². The van der Waals surface area contributed by atoms with Crippen molar-refractivity contribution in [1.82, 2.24) is 15.2 Å². The minimum Gasteiger partial charge on any atom is -0.297 e. The van der Waals surface area contributed by atoms with Crippen molar-refractivity contribution in [2.45, 2.75) is 13.1 Å². The molecular formula is C26H26Cl2N4O. The number of hydrogen-bond donors (Lipinski definition) is 1. The number of carbonyl (C=O) groups excluding carboxylic acids is 1. The normalized spacial score (nSPS) is 15.1. The third-order valence-electron chi connectivity index (χ3n) is 5.70. The third-order valence-corrected chi connectivity index (χ3v) is 6.35. The van der Waals surface area contributed by atoms with Crippen molar-refractivity contribution in [3.05, 3.63) is 105 Å². The van der Waals surface area contributed by atoms with Gasteiger partial charge in [0.05, 0.1) is 16.3 Å². The number of benzene rings is 3. The van der Waals surface area contributed by atoms with Crippen LogP contribution in [0.1, 0.15) is 27.0 Å². The second-order valence-electron chi connectivity index (χ2n) is 8.07. The highest BCUT2D eigenvalue weighted by molar-refractivity contribution is 6.38. The molecule has 1 heterocycles. The molecular weight excluding hydrogens is 455 g/mol. The Balaban J connectivity index is 1.24. The van der Waals surface area contributed by atoms with Crippen molar-refractivity contribution in [3.8, 4) is 0 Å². The Bertz CT molecular complexity index is 1070. The number of hydrogen-bond acceptors (Lipinski definition) is 4. The van der Waals surface area contributed by atoms with Crippen LogP contribution in [0.5, 0.6) is 0 Å². The number of nitrogens with one attached hydrogen (secondary N) is 1. The zero-order valence-corrected chi connectivity index (χ0v) is 19.8. The molecule has 0 atom stereocenters. The Morgan fingerprint density at radius 2 is 1.33 bits per heavy atom. The van der Waals surface area contributed by atoms with Crippen molar-refractivity contribution in [1.29, 1.82) is 0 Å². The lowest BCUT2D eigenvalue weighted by Crippen LogP contribution is -2.45. The van der Waals surface area contributed by atoms with Gasteiger partial charge in [0, 0.05) is 50.4 Å². The van der Waals surface area contributed by atoms with Gasteiger partial charge in [0.15, 0.2) is 0 Å². The van der Waals surface area contributed by atoms with E-state index in [9.17, 15) is 4.79 Å². The molecule has 1 fully saturated rings. The molecule has 1 N–H and O–H groups in total. The molecule has 1 aliphatic heterocycles. The lowest BCUT2D eigenvalue weighted by atomic mass is 10.1. The van der Waals surface area contributed by atoms with E-state index < -0.39 is 0 Å². The number of carbonyl (C=O) groups is 1. The fourth-order valence-corrected chi connectivity index (χ4v) is 4.32. The van der Waals surface area contributed by atoms with Gasteiger partial charge in [-0.2, -0.15) is 5.10 Å². The molecule has 7 heteroatoms. The zero-order chi connectivity index (χ0) is 23.0. The molecule has 33 heavy (non-hydrogen) atoms. The lowest BCUT2D eigenvalue weighted by Gasteiger charge is -2.34. The predicted molar refractivity (Wildman–Crippen MR) is 135 cm³/mol. The van der Waals surface area contributed by atoms with Gasteiger partial charge in [-0.05, 0) is 35.4 Å². The summed E-state index contributed by atoms with van der Waals surface area (Å²) in [4.78, 5) is 17.3. The predicted octanol–water partition coefficient (Wildman–Crippen LogP) is 5.08. The van der Waals surface area contributed by atoms with Gasteiger partial charge in [-0.25, -0.2) is 5.43 Å². The molecule has 3 aromatic carbocycles. The molecule has 0 spiro atoms.